The molecule has 1 fully saturated rings. The number of carbonyl (C=O) groups excluding carboxylic acids is 2. The number of nitrogens with zero attached hydrogens (tertiary/aromatic N) is 1. The number of piperidine rings is 1. The zero-order valence-corrected chi connectivity index (χ0v) is 11.7. The van der Waals surface area contributed by atoms with Gasteiger partial charge < -0.3 is 11.1 Å². The molecular formula is C15H21N3O2. The molecule has 1 saturated heterocycles. The minimum absolute atomic E-state index is 0.0350. The lowest BCUT2D eigenvalue weighted by Gasteiger charge is -2.37. The molecule has 1 aliphatic rings. The number of nitrogens with one attached hydrogen (secondary N) is 1. The van der Waals surface area contributed by atoms with Crippen molar-refractivity contribution < 1.29 is 9.59 Å². The SMILES string of the molecule is CC(=O)N[C@H]1CCCN([C@H](C(N)=O)c2ccccc2)C1. The summed E-state index contributed by atoms with van der Waals surface area (Å²) in [6, 6.07) is 9.22. The second-order valence-corrected chi connectivity index (χ2v) is 5.25. The maximum atomic E-state index is 11.8. The Balaban J connectivity index is 2.13. The predicted molar refractivity (Wildman–Crippen MR) is 76.8 cm³/mol. The molecule has 1 aromatic carbocycles. The van der Waals surface area contributed by atoms with Crippen LogP contribution in [0.2, 0.25) is 0 Å². The maximum absolute atomic E-state index is 11.8. The van der Waals surface area contributed by atoms with Crippen LogP contribution < -0.4 is 11.1 Å². The average molecular weight is 275 g/mol. The molecule has 0 bridgehead atoms. The number of primary amides is 1. The summed E-state index contributed by atoms with van der Waals surface area (Å²) in [4.78, 5) is 25.0. The number of rotatable bonds is 4. The van der Waals surface area contributed by atoms with Crippen LogP contribution in [0.25, 0.3) is 0 Å². The van der Waals surface area contributed by atoms with E-state index >= 15 is 0 Å². The average Bonchev–Trinajstić information content (AvgIpc) is 2.39. The van der Waals surface area contributed by atoms with Crippen molar-refractivity contribution in [1.29, 1.82) is 0 Å². The van der Waals surface area contributed by atoms with Gasteiger partial charge in [-0.25, -0.2) is 0 Å². The molecule has 0 unspecified atom stereocenters. The summed E-state index contributed by atoms with van der Waals surface area (Å²) < 4.78 is 0. The summed E-state index contributed by atoms with van der Waals surface area (Å²) >= 11 is 0. The molecule has 2 amide bonds. The molecule has 3 N–H and O–H groups in total. The molecule has 0 saturated carbocycles. The van der Waals surface area contributed by atoms with Crippen molar-refractivity contribution in [2.24, 2.45) is 5.73 Å². The van der Waals surface area contributed by atoms with Gasteiger partial charge in [-0.1, -0.05) is 30.3 Å². The first-order chi connectivity index (χ1) is 9.58. The van der Waals surface area contributed by atoms with Crippen LogP contribution in [0.1, 0.15) is 31.4 Å². The first kappa shape index (κ1) is 14.5. The van der Waals surface area contributed by atoms with Crippen molar-refractivity contribution in [3.8, 4) is 0 Å². The van der Waals surface area contributed by atoms with Crippen LogP contribution in [0.15, 0.2) is 30.3 Å². The number of amides is 2. The third kappa shape index (κ3) is 3.57. The summed E-state index contributed by atoms with van der Waals surface area (Å²) in [5.41, 5.74) is 6.48. The molecular weight excluding hydrogens is 254 g/mol. The van der Waals surface area contributed by atoms with Crippen LogP contribution in [0.3, 0.4) is 0 Å². The van der Waals surface area contributed by atoms with E-state index in [4.69, 9.17) is 5.73 Å². The molecule has 108 valence electrons. The summed E-state index contributed by atoms with van der Waals surface area (Å²) in [5, 5.41) is 2.92. The molecule has 0 aliphatic carbocycles. The van der Waals surface area contributed by atoms with Gasteiger partial charge in [0.25, 0.3) is 0 Å². The molecule has 5 heteroatoms. The number of nitrogens with two attached hydrogens (primary N) is 1. The van der Waals surface area contributed by atoms with Gasteiger partial charge in [0.1, 0.15) is 6.04 Å². The molecule has 20 heavy (non-hydrogen) atoms. The third-order valence-electron chi connectivity index (χ3n) is 3.61. The van der Waals surface area contributed by atoms with Crippen molar-refractivity contribution in [3.05, 3.63) is 35.9 Å². The first-order valence-electron chi connectivity index (χ1n) is 6.93. The van der Waals surface area contributed by atoms with E-state index in [1.807, 2.05) is 30.3 Å². The Labute approximate surface area is 119 Å². The lowest BCUT2D eigenvalue weighted by Crippen LogP contribution is -2.50. The van der Waals surface area contributed by atoms with Gasteiger partial charge in [0.15, 0.2) is 0 Å². The van der Waals surface area contributed by atoms with Crippen molar-refractivity contribution in [3.63, 3.8) is 0 Å². The topological polar surface area (TPSA) is 75.4 Å². The normalized spacial score (nSPS) is 21.1. The lowest BCUT2D eigenvalue weighted by molar-refractivity contribution is -0.124. The van der Waals surface area contributed by atoms with Gasteiger partial charge >= 0.3 is 0 Å². The Kier molecular flexibility index (Phi) is 4.74. The number of likely N-dealkylation sites (tertiary alicyclic amines) is 1. The fourth-order valence-corrected chi connectivity index (χ4v) is 2.84. The van der Waals surface area contributed by atoms with E-state index in [0.29, 0.717) is 6.54 Å². The molecule has 1 aromatic rings. The van der Waals surface area contributed by atoms with Gasteiger partial charge in [-0.15, -0.1) is 0 Å². The lowest BCUT2D eigenvalue weighted by atomic mass is 9.99. The van der Waals surface area contributed by atoms with E-state index in [1.165, 1.54) is 6.92 Å². The highest BCUT2D eigenvalue weighted by Crippen LogP contribution is 2.24. The molecule has 1 heterocycles. The van der Waals surface area contributed by atoms with Crippen molar-refractivity contribution in [1.82, 2.24) is 10.2 Å². The Morgan fingerprint density at radius 2 is 2.05 bits per heavy atom. The van der Waals surface area contributed by atoms with E-state index in [0.717, 1.165) is 24.9 Å². The van der Waals surface area contributed by atoms with Crippen molar-refractivity contribution >= 4 is 11.8 Å². The molecule has 0 radical (unpaired) electrons. The molecule has 5 nitrogen and oxygen atoms in total. The van der Waals surface area contributed by atoms with Crippen LogP contribution in [0.5, 0.6) is 0 Å². The maximum Gasteiger partial charge on any atom is 0.239 e. The third-order valence-corrected chi connectivity index (χ3v) is 3.61. The highest BCUT2D eigenvalue weighted by Gasteiger charge is 2.30. The number of carbonyl (C=O) groups is 2. The van der Waals surface area contributed by atoms with E-state index < -0.39 is 6.04 Å². The van der Waals surface area contributed by atoms with Gasteiger partial charge in [-0.2, -0.15) is 0 Å². The standard InChI is InChI=1S/C15H21N3O2/c1-11(19)17-13-8-5-9-18(10-13)14(15(16)20)12-6-3-2-4-7-12/h2-4,6-7,13-14H,5,8-10H2,1H3,(H2,16,20)(H,17,19)/t13-,14-/m0/s1. The number of hydrogen-bond acceptors (Lipinski definition) is 3. The molecule has 2 atom stereocenters. The summed E-state index contributed by atoms with van der Waals surface area (Å²) in [7, 11) is 0. The highest BCUT2D eigenvalue weighted by molar-refractivity contribution is 5.81. The minimum atomic E-state index is -0.423. The minimum Gasteiger partial charge on any atom is -0.368 e. The fraction of sp³-hybridized carbons (Fsp3) is 0.467. The quantitative estimate of drug-likeness (QED) is 0.854. The van der Waals surface area contributed by atoms with Crippen molar-refractivity contribution in [2.45, 2.75) is 31.8 Å². The number of hydrogen-bond donors (Lipinski definition) is 2. The first-order valence-corrected chi connectivity index (χ1v) is 6.93. The number of benzene rings is 1. The van der Waals surface area contributed by atoms with E-state index in [-0.39, 0.29) is 17.9 Å². The van der Waals surface area contributed by atoms with Gasteiger partial charge in [0.2, 0.25) is 11.8 Å². The van der Waals surface area contributed by atoms with Gasteiger partial charge in [0, 0.05) is 19.5 Å². The van der Waals surface area contributed by atoms with Crippen LogP contribution in [-0.2, 0) is 9.59 Å². The smallest absolute Gasteiger partial charge is 0.239 e. The second-order valence-electron chi connectivity index (χ2n) is 5.25. The summed E-state index contributed by atoms with van der Waals surface area (Å²) in [6.45, 7) is 2.99. The Morgan fingerprint density at radius 3 is 2.65 bits per heavy atom. The van der Waals surface area contributed by atoms with Crippen LogP contribution in [0.4, 0.5) is 0 Å². The van der Waals surface area contributed by atoms with E-state index in [2.05, 4.69) is 10.2 Å². The second kappa shape index (κ2) is 6.52. The van der Waals surface area contributed by atoms with Crippen molar-refractivity contribution in [2.75, 3.05) is 13.1 Å². The monoisotopic (exact) mass is 275 g/mol. The van der Waals surface area contributed by atoms with E-state index in [1.54, 1.807) is 0 Å². The Bertz CT molecular complexity index is 475. The molecule has 0 aromatic heterocycles. The van der Waals surface area contributed by atoms with Crippen LogP contribution in [0, 0.1) is 0 Å². The van der Waals surface area contributed by atoms with Gasteiger partial charge in [-0.05, 0) is 24.9 Å². The zero-order chi connectivity index (χ0) is 14.5. The fourth-order valence-electron chi connectivity index (χ4n) is 2.84. The zero-order valence-electron chi connectivity index (χ0n) is 11.7. The van der Waals surface area contributed by atoms with Gasteiger partial charge in [0.05, 0.1) is 0 Å². The van der Waals surface area contributed by atoms with Gasteiger partial charge in [-0.3, -0.25) is 14.5 Å². The molecule has 1 aliphatic heterocycles. The Hall–Kier alpha value is -1.88. The largest absolute Gasteiger partial charge is 0.368 e. The van der Waals surface area contributed by atoms with E-state index in [9.17, 15) is 9.59 Å². The summed E-state index contributed by atoms with van der Waals surface area (Å²) in [6.07, 6.45) is 1.89. The molecule has 2 rings (SSSR count). The Morgan fingerprint density at radius 1 is 1.35 bits per heavy atom. The molecule has 0 spiro atoms. The van der Waals surface area contributed by atoms with Crippen LogP contribution >= 0.6 is 0 Å². The highest BCUT2D eigenvalue weighted by atomic mass is 16.2. The summed E-state index contributed by atoms with van der Waals surface area (Å²) in [5.74, 6) is -0.383. The predicted octanol–water partition coefficient (Wildman–Crippen LogP) is 0.814. The van der Waals surface area contributed by atoms with Crippen LogP contribution in [-0.4, -0.2) is 35.8 Å².